The maximum Gasteiger partial charge on any atom is 0.441 e. The molecule has 120 valence electrons. The van der Waals surface area contributed by atoms with Gasteiger partial charge in [-0.1, -0.05) is 27.7 Å². The lowest BCUT2D eigenvalue weighted by Crippen LogP contribution is -2.44. The Morgan fingerprint density at radius 3 is 2.14 bits per heavy atom. The smallest absolute Gasteiger partial charge is 0.441 e. The number of ketones is 1. The van der Waals surface area contributed by atoms with Crippen LogP contribution in [0.3, 0.4) is 0 Å². The number of esters is 1. The van der Waals surface area contributed by atoms with Crippen LogP contribution in [0, 0.1) is 0 Å². The zero-order chi connectivity index (χ0) is 16.8. The molecular weight excluding hydrogens is 288 g/mol. The molecule has 0 saturated heterocycles. The van der Waals surface area contributed by atoms with Gasteiger partial charge in [0.2, 0.25) is 0 Å². The van der Waals surface area contributed by atoms with Gasteiger partial charge in [0.15, 0.2) is 8.32 Å². The quantitative estimate of drug-likeness (QED) is 0.180. The zero-order valence-corrected chi connectivity index (χ0v) is 15.0. The van der Waals surface area contributed by atoms with Crippen molar-refractivity contribution < 1.29 is 23.5 Å². The molecule has 0 unspecified atom stereocenters. The summed E-state index contributed by atoms with van der Waals surface area (Å²) in [7, 11) is -0.878. The van der Waals surface area contributed by atoms with E-state index in [2.05, 4.69) is 43.4 Å². The minimum Gasteiger partial charge on any atom is -0.460 e. The average Bonchev–Trinajstić information content (AvgIpc) is 2.36. The SMILES string of the molecule is CC[C@H](CC(=O)C(=[N+]=[N-])C(=O)OC)O[Si](C)(C)C(C)(C)C. The van der Waals surface area contributed by atoms with Crippen molar-refractivity contribution in [1.29, 1.82) is 0 Å². The summed E-state index contributed by atoms with van der Waals surface area (Å²) < 4.78 is 10.6. The molecule has 0 bridgehead atoms. The van der Waals surface area contributed by atoms with Crippen LogP contribution in [0.1, 0.15) is 40.5 Å². The van der Waals surface area contributed by atoms with Gasteiger partial charge in [-0.25, -0.2) is 4.79 Å². The molecule has 1 atom stereocenters. The number of ether oxygens (including phenoxy) is 1. The van der Waals surface area contributed by atoms with E-state index in [0.717, 1.165) is 7.11 Å². The summed E-state index contributed by atoms with van der Waals surface area (Å²) in [5.74, 6) is -1.51. The van der Waals surface area contributed by atoms with Crippen LogP contribution in [0.25, 0.3) is 5.53 Å². The summed E-state index contributed by atoms with van der Waals surface area (Å²) in [6, 6.07) is 0. The van der Waals surface area contributed by atoms with Crippen LogP contribution in [0.15, 0.2) is 0 Å². The van der Waals surface area contributed by atoms with E-state index in [1.807, 2.05) is 6.92 Å². The van der Waals surface area contributed by atoms with Crippen molar-refractivity contribution in [2.45, 2.75) is 64.8 Å². The highest BCUT2D eigenvalue weighted by atomic mass is 28.4. The number of hydrogen-bond acceptors (Lipinski definition) is 4. The van der Waals surface area contributed by atoms with Crippen LogP contribution in [0.5, 0.6) is 0 Å². The van der Waals surface area contributed by atoms with Gasteiger partial charge in [0, 0.05) is 6.42 Å². The molecule has 0 rings (SSSR count). The molecule has 6 nitrogen and oxygen atoms in total. The fraction of sp³-hybridized carbons (Fsp3) is 0.786. The van der Waals surface area contributed by atoms with Gasteiger partial charge in [0.25, 0.3) is 5.78 Å². The standard InChI is InChI=1S/C14H26N2O4Si/c1-8-10(20-21(6,7)14(2,3)4)9-11(17)12(16-15)13(18)19-5/h10H,8-9H2,1-7H3/t10-/m1/s1. The van der Waals surface area contributed by atoms with Crippen molar-refractivity contribution >= 4 is 25.8 Å². The second-order valence-corrected chi connectivity index (χ2v) is 11.2. The van der Waals surface area contributed by atoms with Crippen LogP contribution in [0.4, 0.5) is 0 Å². The molecule has 0 amide bonds. The molecule has 0 aromatic carbocycles. The lowest BCUT2D eigenvalue weighted by molar-refractivity contribution is -0.139. The van der Waals surface area contributed by atoms with Crippen molar-refractivity contribution in [3.8, 4) is 0 Å². The summed E-state index contributed by atoms with van der Waals surface area (Å²) in [5, 5.41) is 0.0275. The third kappa shape index (κ3) is 5.53. The molecule has 0 fully saturated rings. The Hall–Kier alpha value is -1.30. The topological polar surface area (TPSA) is 89.0 Å². The predicted octanol–water partition coefficient (Wildman–Crippen LogP) is 2.59. The Bertz CT molecular complexity index is 448. The first-order valence-corrected chi connectivity index (χ1v) is 9.92. The van der Waals surface area contributed by atoms with E-state index in [0.29, 0.717) is 6.42 Å². The highest BCUT2D eigenvalue weighted by Crippen LogP contribution is 2.37. The first-order chi connectivity index (χ1) is 9.50. The van der Waals surface area contributed by atoms with E-state index in [9.17, 15) is 9.59 Å². The van der Waals surface area contributed by atoms with Gasteiger partial charge in [-0.05, 0) is 24.6 Å². The largest absolute Gasteiger partial charge is 0.460 e. The Balaban J connectivity index is 4.99. The zero-order valence-electron chi connectivity index (χ0n) is 14.0. The van der Waals surface area contributed by atoms with Crippen LogP contribution in [-0.2, 0) is 18.8 Å². The van der Waals surface area contributed by atoms with Crippen LogP contribution in [-0.4, -0.2) is 43.8 Å². The van der Waals surface area contributed by atoms with E-state index in [1.165, 1.54) is 0 Å². The van der Waals surface area contributed by atoms with Crippen molar-refractivity contribution in [1.82, 2.24) is 0 Å². The minimum absolute atomic E-state index is 0.00248. The maximum absolute atomic E-state index is 12.0. The molecule has 0 aliphatic rings. The van der Waals surface area contributed by atoms with E-state index in [1.54, 1.807) is 0 Å². The molecule has 0 aliphatic heterocycles. The summed E-state index contributed by atoms with van der Waals surface area (Å²) >= 11 is 0. The van der Waals surface area contributed by atoms with Gasteiger partial charge >= 0.3 is 11.7 Å². The first-order valence-electron chi connectivity index (χ1n) is 7.01. The Labute approximate surface area is 127 Å². The van der Waals surface area contributed by atoms with Gasteiger partial charge in [-0.3, -0.25) is 4.79 Å². The Kier molecular flexibility index (Phi) is 7.16. The average molecular weight is 314 g/mol. The number of hydrogen-bond donors (Lipinski definition) is 0. The number of methoxy groups -OCH3 is 1. The second-order valence-electron chi connectivity index (χ2n) is 6.48. The van der Waals surface area contributed by atoms with Crippen LogP contribution < -0.4 is 0 Å². The second kappa shape index (κ2) is 7.63. The number of carbonyl (C=O) groups excluding carboxylic acids is 2. The molecule has 0 saturated carbocycles. The highest BCUT2D eigenvalue weighted by Gasteiger charge is 2.40. The number of nitrogens with zero attached hydrogens (tertiary/aromatic N) is 2. The van der Waals surface area contributed by atoms with Crippen molar-refractivity contribution in [3.05, 3.63) is 5.53 Å². The van der Waals surface area contributed by atoms with Gasteiger partial charge < -0.3 is 14.7 Å². The Morgan fingerprint density at radius 1 is 1.29 bits per heavy atom. The van der Waals surface area contributed by atoms with Gasteiger partial charge in [0.1, 0.15) is 0 Å². The number of carbonyl (C=O) groups is 2. The van der Waals surface area contributed by atoms with E-state index < -0.39 is 25.8 Å². The van der Waals surface area contributed by atoms with Crippen molar-refractivity contribution in [3.63, 3.8) is 0 Å². The fourth-order valence-corrected chi connectivity index (χ4v) is 2.91. The third-order valence-corrected chi connectivity index (χ3v) is 8.41. The summed E-state index contributed by atoms with van der Waals surface area (Å²) in [4.78, 5) is 26.1. The normalized spacial score (nSPS) is 13.3. The van der Waals surface area contributed by atoms with Gasteiger partial charge in [-0.15, -0.1) is 0 Å². The molecule has 7 heteroatoms. The predicted molar refractivity (Wildman–Crippen MR) is 82.6 cm³/mol. The van der Waals surface area contributed by atoms with Gasteiger partial charge in [-0.2, -0.15) is 4.79 Å². The molecule has 0 radical (unpaired) electrons. The molecular formula is C14H26N2O4Si. The first kappa shape index (κ1) is 19.7. The minimum atomic E-state index is -2.01. The molecule has 0 aliphatic carbocycles. The molecule has 0 spiro atoms. The lowest BCUT2D eigenvalue weighted by atomic mass is 10.1. The summed E-state index contributed by atoms with van der Waals surface area (Å²) in [5.41, 5.74) is 8.19. The van der Waals surface area contributed by atoms with E-state index in [4.69, 9.17) is 9.96 Å². The summed E-state index contributed by atoms with van der Waals surface area (Å²) in [6.07, 6.45) is 0.329. The third-order valence-electron chi connectivity index (χ3n) is 3.88. The number of rotatable bonds is 7. The van der Waals surface area contributed by atoms with Crippen molar-refractivity contribution in [2.75, 3.05) is 7.11 Å². The molecule has 0 N–H and O–H groups in total. The van der Waals surface area contributed by atoms with Crippen molar-refractivity contribution in [2.24, 2.45) is 0 Å². The summed E-state index contributed by atoms with van der Waals surface area (Å²) in [6.45, 7) is 12.5. The van der Waals surface area contributed by atoms with Crippen LogP contribution in [0.2, 0.25) is 18.1 Å². The molecule has 0 aromatic rings. The lowest BCUT2D eigenvalue weighted by Gasteiger charge is -2.39. The molecule has 0 aromatic heterocycles. The molecule has 21 heavy (non-hydrogen) atoms. The van der Waals surface area contributed by atoms with Crippen LogP contribution >= 0.6 is 0 Å². The van der Waals surface area contributed by atoms with E-state index in [-0.39, 0.29) is 17.6 Å². The maximum atomic E-state index is 12.0. The van der Waals surface area contributed by atoms with Gasteiger partial charge in [0.05, 0.1) is 13.2 Å². The highest BCUT2D eigenvalue weighted by molar-refractivity contribution is 6.74. The fourth-order valence-electron chi connectivity index (χ4n) is 1.47. The molecule has 0 heterocycles. The Morgan fingerprint density at radius 2 is 1.81 bits per heavy atom. The van der Waals surface area contributed by atoms with E-state index >= 15 is 0 Å². The number of Topliss-reactive ketones (excluding diaryl/α,β-unsaturated/α-hetero) is 1. The monoisotopic (exact) mass is 314 g/mol.